The maximum Gasteiger partial charge on any atom is 0.0959 e. The number of morpholine rings is 1. The van der Waals surface area contributed by atoms with Gasteiger partial charge in [-0.1, -0.05) is 12.8 Å². The highest BCUT2D eigenvalue weighted by molar-refractivity contribution is 7.09. The van der Waals surface area contributed by atoms with Gasteiger partial charge in [-0.05, 0) is 18.9 Å². The van der Waals surface area contributed by atoms with Gasteiger partial charge in [-0.3, -0.25) is 9.58 Å². The van der Waals surface area contributed by atoms with Crippen LogP contribution >= 0.6 is 11.3 Å². The van der Waals surface area contributed by atoms with Gasteiger partial charge in [-0.2, -0.15) is 5.10 Å². The lowest BCUT2D eigenvalue weighted by molar-refractivity contribution is -0.0405. The normalized spacial score (nSPS) is 23.6. The molecule has 1 aliphatic heterocycles. The molecule has 2 aromatic heterocycles. The molecule has 4 rings (SSSR count). The number of aromatic nitrogens is 3. The van der Waals surface area contributed by atoms with Gasteiger partial charge in [0.25, 0.3) is 0 Å². The molecule has 0 aromatic carbocycles. The number of rotatable bonds is 5. The summed E-state index contributed by atoms with van der Waals surface area (Å²) in [6.45, 7) is 4.52. The first kappa shape index (κ1) is 15.3. The van der Waals surface area contributed by atoms with E-state index in [9.17, 15) is 0 Å². The molecule has 1 aliphatic carbocycles. The second-order valence-corrected chi connectivity index (χ2v) is 7.50. The van der Waals surface area contributed by atoms with Gasteiger partial charge in [0.05, 0.1) is 30.0 Å². The first-order valence-corrected chi connectivity index (χ1v) is 9.50. The molecule has 124 valence electrons. The van der Waals surface area contributed by atoms with Gasteiger partial charge in [0, 0.05) is 43.3 Å². The third-order valence-electron chi connectivity index (χ3n) is 4.83. The molecule has 0 radical (unpaired) electrons. The summed E-state index contributed by atoms with van der Waals surface area (Å²) in [6.07, 6.45) is 9.44. The summed E-state index contributed by atoms with van der Waals surface area (Å²) in [6, 6.07) is 1.96. The molecular weight excluding hydrogens is 308 g/mol. The molecule has 0 bridgehead atoms. The van der Waals surface area contributed by atoms with Crippen molar-refractivity contribution in [3.8, 4) is 0 Å². The van der Waals surface area contributed by atoms with Crippen LogP contribution in [0.1, 0.15) is 42.3 Å². The second-order valence-electron chi connectivity index (χ2n) is 6.61. The Morgan fingerprint density at radius 2 is 2.22 bits per heavy atom. The third-order valence-corrected chi connectivity index (χ3v) is 5.89. The van der Waals surface area contributed by atoms with Crippen LogP contribution in [0.5, 0.6) is 0 Å². The summed E-state index contributed by atoms with van der Waals surface area (Å²) in [7, 11) is 0. The predicted molar refractivity (Wildman–Crippen MR) is 90.6 cm³/mol. The van der Waals surface area contributed by atoms with E-state index in [0.29, 0.717) is 0 Å². The first-order valence-electron chi connectivity index (χ1n) is 8.62. The van der Waals surface area contributed by atoms with Crippen molar-refractivity contribution in [2.45, 2.75) is 50.8 Å². The molecule has 6 heteroatoms. The van der Waals surface area contributed by atoms with Crippen LogP contribution in [0.4, 0.5) is 0 Å². The fourth-order valence-electron chi connectivity index (χ4n) is 3.64. The van der Waals surface area contributed by atoms with Crippen molar-refractivity contribution in [3.63, 3.8) is 0 Å². The van der Waals surface area contributed by atoms with Crippen molar-refractivity contribution in [3.05, 3.63) is 34.5 Å². The molecule has 5 nitrogen and oxygen atoms in total. The van der Waals surface area contributed by atoms with Gasteiger partial charge in [0.2, 0.25) is 0 Å². The monoisotopic (exact) mass is 332 g/mol. The molecule has 0 N–H and O–H groups in total. The molecule has 3 heterocycles. The zero-order valence-corrected chi connectivity index (χ0v) is 14.2. The van der Waals surface area contributed by atoms with E-state index in [0.717, 1.165) is 38.7 Å². The van der Waals surface area contributed by atoms with E-state index in [1.807, 2.05) is 34.5 Å². The molecule has 2 fully saturated rings. The van der Waals surface area contributed by atoms with Crippen LogP contribution in [0.2, 0.25) is 0 Å². The van der Waals surface area contributed by atoms with Crippen LogP contribution in [-0.2, 0) is 17.8 Å². The van der Waals surface area contributed by atoms with E-state index in [1.54, 1.807) is 0 Å². The van der Waals surface area contributed by atoms with Crippen LogP contribution in [0.15, 0.2) is 23.8 Å². The summed E-state index contributed by atoms with van der Waals surface area (Å²) < 4.78 is 7.84. The highest BCUT2D eigenvalue weighted by Gasteiger charge is 2.23. The van der Waals surface area contributed by atoms with Crippen molar-refractivity contribution < 1.29 is 4.74 Å². The molecule has 1 saturated carbocycles. The number of hydrogen-bond acceptors (Lipinski definition) is 5. The van der Waals surface area contributed by atoms with Crippen LogP contribution in [0, 0.1) is 0 Å². The van der Waals surface area contributed by atoms with Crippen molar-refractivity contribution in [2.24, 2.45) is 0 Å². The summed E-state index contributed by atoms with van der Waals surface area (Å²) in [5, 5.41) is 7.89. The van der Waals surface area contributed by atoms with Gasteiger partial charge in [-0.15, -0.1) is 11.3 Å². The molecule has 23 heavy (non-hydrogen) atoms. The lowest BCUT2D eigenvalue weighted by Crippen LogP contribution is -2.43. The smallest absolute Gasteiger partial charge is 0.0959 e. The quantitative estimate of drug-likeness (QED) is 0.844. The summed E-state index contributed by atoms with van der Waals surface area (Å²) in [4.78, 5) is 7.37. The van der Waals surface area contributed by atoms with Crippen molar-refractivity contribution in [2.75, 3.05) is 19.7 Å². The van der Waals surface area contributed by atoms with E-state index in [1.165, 1.54) is 36.4 Å². The van der Waals surface area contributed by atoms with E-state index in [2.05, 4.69) is 15.4 Å². The second kappa shape index (κ2) is 7.11. The predicted octanol–water partition coefficient (Wildman–Crippen LogP) is 2.90. The van der Waals surface area contributed by atoms with Crippen molar-refractivity contribution in [1.29, 1.82) is 0 Å². The largest absolute Gasteiger partial charge is 0.374 e. The minimum Gasteiger partial charge on any atom is -0.374 e. The van der Waals surface area contributed by atoms with E-state index in [4.69, 9.17) is 9.72 Å². The van der Waals surface area contributed by atoms with Gasteiger partial charge in [-0.25, -0.2) is 4.98 Å². The van der Waals surface area contributed by atoms with Crippen molar-refractivity contribution >= 4 is 11.3 Å². The molecule has 0 amide bonds. The molecule has 1 atom stereocenters. The van der Waals surface area contributed by atoms with Crippen LogP contribution in [0.3, 0.4) is 0 Å². The lowest BCUT2D eigenvalue weighted by Gasteiger charge is -2.32. The summed E-state index contributed by atoms with van der Waals surface area (Å²) in [5.74, 6) is 0.728. The fraction of sp³-hybridized carbons (Fsp3) is 0.647. The van der Waals surface area contributed by atoms with Gasteiger partial charge >= 0.3 is 0 Å². The zero-order valence-electron chi connectivity index (χ0n) is 13.4. The number of ether oxygens (including phenoxy) is 1. The summed E-state index contributed by atoms with van der Waals surface area (Å²) >= 11 is 1.86. The number of thiazole rings is 1. The third kappa shape index (κ3) is 3.82. The first-order chi connectivity index (χ1) is 11.4. The molecule has 2 aromatic rings. The topological polar surface area (TPSA) is 43.2 Å². The molecule has 2 aliphatic rings. The number of hydrogen-bond donors (Lipinski definition) is 0. The maximum atomic E-state index is 5.89. The van der Waals surface area contributed by atoms with Gasteiger partial charge in [0.15, 0.2) is 0 Å². The van der Waals surface area contributed by atoms with Crippen molar-refractivity contribution in [1.82, 2.24) is 19.7 Å². The highest BCUT2D eigenvalue weighted by atomic mass is 32.1. The molecular formula is C17H24N4OS. The molecule has 1 saturated heterocycles. The standard InChI is InChI=1S/C17H24N4OS/c1-2-5-14(4-1)17-19-15(13-23-17)10-20-8-9-22-16(11-20)12-21-7-3-6-18-21/h3,6-7,13-14,16H,1-2,4-5,8-12H2/t16-/m0/s1. The summed E-state index contributed by atoms with van der Waals surface area (Å²) in [5.41, 5.74) is 1.23. The van der Waals surface area contributed by atoms with E-state index < -0.39 is 0 Å². The fourth-order valence-corrected chi connectivity index (χ4v) is 4.62. The SMILES string of the molecule is c1cnn(C[C@@H]2CN(Cc3csc(C4CCCC4)n3)CCO2)c1. The van der Waals surface area contributed by atoms with Crippen LogP contribution < -0.4 is 0 Å². The van der Waals surface area contributed by atoms with E-state index in [-0.39, 0.29) is 6.10 Å². The Kier molecular flexibility index (Phi) is 4.73. The van der Waals surface area contributed by atoms with Crippen LogP contribution in [0.25, 0.3) is 0 Å². The van der Waals surface area contributed by atoms with Gasteiger partial charge in [0.1, 0.15) is 0 Å². The van der Waals surface area contributed by atoms with E-state index >= 15 is 0 Å². The Bertz CT molecular complexity index is 606. The molecule has 0 spiro atoms. The van der Waals surface area contributed by atoms with Crippen LogP contribution in [-0.4, -0.2) is 45.5 Å². The van der Waals surface area contributed by atoms with Gasteiger partial charge < -0.3 is 4.74 Å². The molecule has 0 unspecified atom stereocenters. The Morgan fingerprint density at radius 3 is 3.04 bits per heavy atom. The Balaban J connectivity index is 1.33. The minimum atomic E-state index is 0.219. The Morgan fingerprint density at radius 1 is 1.30 bits per heavy atom. The zero-order chi connectivity index (χ0) is 15.5. The Hall–Kier alpha value is -1.24. The average molecular weight is 332 g/mol. The number of nitrogens with zero attached hydrogens (tertiary/aromatic N) is 4. The maximum absolute atomic E-state index is 5.89. The highest BCUT2D eigenvalue weighted by Crippen LogP contribution is 2.35. The average Bonchev–Trinajstić information content (AvgIpc) is 3.30. The Labute approximate surface area is 141 Å². The lowest BCUT2D eigenvalue weighted by atomic mass is 10.1. The minimum absolute atomic E-state index is 0.219.